The largest absolute Gasteiger partial charge is 0.469 e. The predicted molar refractivity (Wildman–Crippen MR) is 291 cm³/mol. The number of halogens is 2. The number of methoxy groups -OCH3 is 2. The van der Waals surface area contributed by atoms with E-state index in [1.165, 1.54) is 28.9 Å². The number of carbonyl (C=O) groups is 2. The number of aromatic nitrogens is 14. The standard InChI is InChI=1S/C28H33FN8O2.C19H26N4O3.C10H11FN4/c1-17-12-24(34-25(32-17)13-23-11-18(2)35-36-23)20-7-9-28(39-4,10-8-20)27(38)33-19(3)21-5-6-26(30-14-21)37-16-22(29)15-31-37;1-12-9-16(21-17(20-12)10-15-8-13(2)22-23-15)14-4-6-19(11-24,7-5-14)18(25)26-3;1-7(12)8-2-3-10(13-4-8)15-6-9(11)5-14-15/h5-6,11-12,14-16,19-20H,7-10,13H2,1-4H3,(H,33,38)(H,35,36);8-9,14,24H,4-7,10-11H2,1-3H3,(H,22,23);2-7H,12H2,1H3/t19-,20?,28?;;7-/m0.0/s1. The lowest BCUT2D eigenvalue weighted by molar-refractivity contribution is -0.158. The number of nitrogens with zero attached hydrogens (tertiary/aromatic N) is 12. The molecule has 2 aliphatic carbocycles. The van der Waals surface area contributed by atoms with Gasteiger partial charge in [0.2, 0.25) is 0 Å². The number of rotatable bonds is 15. The van der Waals surface area contributed by atoms with Crippen LogP contribution in [0.3, 0.4) is 0 Å². The monoisotopic (exact) mass is 1100 g/mol. The van der Waals surface area contributed by atoms with Crippen LogP contribution in [0.4, 0.5) is 8.78 Å². The van der Waals surface area contributed by atoms with Crippen molar-refractivity contribution in [2.45, 2.75) is 135 Å². The SMILES string of the molecule is COC(=O)C1(CO)CCC(c2cc(C)nc(Cc3cc(C)[nH]n3)n2)CC1.COC1(C(=O)N[C@@H](C)c2ccc(-n3cc(F)cn3)nc2)CCC(c2cc(C)nc(Cc3cc(C)[nH]n3)n2)CC1.C[C@H](N)c1ccc(-n2cc(F)cn2)nc1. The van der Waals surface area contributed by atoms with Crippen LogP contribution in [0, 0.1) is 44.7 Å². The molecule has 0 bridgehead atoms. The zero-order valence-electron chi connectivity index (χ0n) is 46.5. The maximum absolute atomic E-state index is 13.4. The van der Waals surface area contributed by atoms with E-state index < -0.39 is 16.8 Å². The van der Waals surface area contributed by atoms with E-state index in [2.05, 4.69) is 55.8 Å². The Bertz CT molecular complexity index is 3320. The minimum Gasteiger partial charge on any atom is -0.469 e. The van der Waals surface area contributed by atoms with Crippen molar-refractivity contribution in [2.75, 3.05) is 20.8 Å². The number of aliphatic hydroxyl groups is 1. The molecule has 8 aromatic rings. The number of aliphatic hydroxyl groups excluding tert-OH is 1. The van der Waals surface area contributed by atoms with Crippen LogP contribution < -0.4 is 11.1 Å². The smallest absolute Gasteiger partial charge is 0.314 e. The highest BCUT2D eigenvalue weighted by molar-refractivity contribution is 5.85. The van der Waals surface area contributed by atoms with Crippen LogP contribution in [0.5, 0.6) is 0 Å². The summed E-state index contributed by atoms with van der Waals surface area (Å²) >= 11 is 0. The number of amides is 1. The number of pyridine rings is 2. The van der Waals surface area contributed by atoms with Crippen LogP contribution in [0.15, 0.2) is 85.7 Å². The molecule has 422 valence electrons. The van der Waals surface area contributed by atoms with Crippen LogP contribution in [0.1, 0.15) is 157 Å². The van der Waals surface area contributed by atoms with E-state index >= 15 is 0 Å². The van der Waals surface area contributed by atoms with Gasteiger partial charge in [-0.05, 0) is 140 Å². The molecule has 80 heavy (non-hydrogen) atoms. The van der Waals surface area contributed by atoms with Crippen molar-refractivity contribution < 1.29 is 33.0 Å². The maximum Gasteiger partial charge on any atom is 0.314 e. The molecule has 2 fully saturated rings. The second-order valence-electron chi connectivity index (χ2n) is 20.9. The van der Waals surface area contributed by atoms with Gasteiger partial charge >= 0.3 is 5.97 Å². The van der Waals surface area contributed by atoms with E-state index in [1.54, 1.807) is 31.6 Å². The average molecular weight is 1100 g/mol. The first-order valence-electron chi connectivity index (χ1n) is 26.7. The van der Waals surface area contributed by atoms with Gasteiger partial charge in [-0.1, -0.05) is 12.1 Å². The van der Waals surface area contributed by atoms with Crippen LogP contribution >= 0.6 is 0 Å². The molecule has 8 aromatic heterocycles. The normalized spacial score (nSPS) is 19.6. The fourth-order valence-electron chi connectivity index (χ4n) is 10.2. The number of hydrogen-bond acceptors (Lipinski definition) is 16. The first kappa shape index (κ1) is 58.1. The summed E-state index contributed by atoms with van der Waals surface area (Å²) in [5.41, 5.74) is 13.5. The van der Waals surface area contributed by atoms with E-state index in [0.29, 0.717) is 50.2 Å². The topological polar surface area (TPSA) is 281 Å². The highest BCUT2D eigenvalue weighted by Crippen LogP contribution is 2.44. The highest BCUT2D eigenvalue weighted by Gasteiger charge is 2.44. The molecule has 10 rings (SSSR count). The average Bonchev–Trinajstić information content (AvgIpc) is 4.31. The fraction of sp³-hybridized carbons (Fsp3) is 0.439. The maximum atomic E-state index is 13.4. The lowest BCUT2D eigenvalue weighted by Crippen LogP contribution is -2.50. The third kappa shape index (κ3) is 14.4. The minimum atomic E-state index is -0.901. The van der Waals surface area contributed by atoms with Crippen LogP contribution in [-0.2, 0) is 31.9 Å². The second-order valence-corrected chi connectivity index (χ2v) is 20.9. The van der Waals surface area contributed by atoms with E-state index in [-0.39, 0.29) is 48.2 Å². The van der Waals surface area contributed by atoms with Crippen molar-refractivity contribution in [2.24, 2.45) is 11.1 Å². The Hall–Kier alpha value is -8.02. The molecule has 0 aromatic carbocycles. The molecule has 1 amide bonds. The second kappa shape index (κ2) is 25.8. The molecule has 0 unspecified atom stereocenters. The molecule has 0 radical (unpaired) electrons. The van der Waals surface area contributed by atoms with Gasteiger partial charge in [0.15, 0.2) is 23.3 Å². The number of aryl methyl sites for hydroxylation is 4. The summed E-state index contributed by atoms with van der Waals surface area (Å²) in [7, 11) is 2.98. The Labute approximate surface area is 463 Å². The number of hydrogen-bond donors (Lipinski definition) is 5. The lowest BCUT2D eigenvalue weighted by atomic mass is 9.70. The third-order valence-electron chi connectivity index (χ3n) is 14.8. The van der Waals surface area contributed by atoms with Crippen molar-refractivity contribution in [3.8, 4) is 11.6 Å². The Morgan fingerprint density at radius 1 is 0.713 bits per heavy atom. The van der Waals surface area contributed by atoms with E-state index in [1.807, 2.05) is 77.9 Å². The first-order valence-corrected chi connectivity index (χ1v) is 26.7. The molecular formula is C57H70F2N16O5. The molecule has 2 saturated carbocycles. The summed E-state index contributed by atoms with van der Waals surface area (Å²) in [4.78, 5) is 52.8. The van der Waals surface area contributed by atoms with E-state index in [4.69, 9.17) is 25.2 Å². The molecule has 23 heteroatoms. The number of nitrogens with two attached hydrogens (primary N) is 1. The van der Waals surface area contributed by atoms with Gasteiger partial charge in [-0.3, -0.25) is 19.8 Å². The quantitative estimate of drug-likeness (QED) is 0.0615. The van der Waals surface area contributed by atoms with Gasteiger partial charge in [0.1, 0.15) is 17.2 Å². The summed E-state index contributed by atoms with van der Waals surface area (Å²) in [5, 5.41) is 35.0. The summed E-state index contributed by atoms with van der Waals surface area (Å²) in [5.74, 6) is 1.81. The van der Waals surface area contributed by atoms with E-state index in [0.717, 1.165) is 106 Å². The Morgan fingerprint density at radius 3 is 1.56 bits per heavy atom. The van der Waals surface area contributed by atoms with Crippen LogP contribution in [-0.4, -0.2) is 113 Å². The molecule has 0 aliphatic heterocycles. The number of carbonyl (C=O) groups excluding carboxylic acids is 2. The molecule has 0 saturated heterocycles. The van der Waals surface area contributed by atoms with Gasteiger partial charge < -0.3 is 25.6 Å². The zero-order valence-corrected chi connectivity index (χ0v) is 46.5. The third-order valence-corrected chi connectivity index (χ3v) is 14.8. The number of esters is 1. The molecule has 2 aliphatic rings. The molecule has 0 spiro atoms. The van der Waals surface area contributed by atoms with E-state index in [9.17, 15) is 23.5 Å². The summed E-state index contributed by atoms with van der Waals surface area (Å²) in [6.07, 6.45) is 14.8. The molecule has 6 N–H and O–H groups in total. The number of H-pyrrole nitrogens is 2. The van der Waals surface area contributed by atoms with Gasteiger partial charge in [0.25, 0.3) is 5.91 Å². The Morgan fingerprint density at radius 2 is 1.19 bits per heavy atom. The van der Waals surface area contributed by atoms with Crippen molar-refractivity contribution >= 4 is 11.9 Å². The number of ether oxygens (including phenoxy) is 2. The molecule has 2 atom stereocenters. The van der Waals surface area contributed by atoms with Gasteiger partial charge in [-0.15, -0.1) is 0 Å². The lowest BCUT2D eigenvalue weighted by Gasteiger charge is -2.38. The molecule has 21 nitrogen and oxygen atoms in total. The number of aromatic amines is 2. The summed E-state index contributed by atoms with van der Waals surface area (Å²) in [6, 6.07) is 14.9. The van der Waals surface area contributed by atoms with Crippen LogP contribution in [0.25, 0.3) is 11.6 Å². The van der Waals surface area contributed by atoms with Gasteiger partial charge in [0, 0.05) is 71.5 Å². The highest BCUT2D eigenvalue weighted by atomic mass is 19.1. The number of nitrogens with one attached hydrogen (secondary N) is 3. The molecule has 8 heterocycles. The van der Waals surface area contributed by atoms with Crippen molar-refractivity contribution in [3.05, 3.63) is 166 Å². The van der Waals surface area contributed by atoms with Gasteiger partial charge in [-0.25, -0.2) is 48.0 Å². The van der Waals surface area contributed by atoms with Crippen molar-refractivity contribution in [1.29, 1.82) is 0 Å². The Kier molecular flexibility index (Phi) is 18.8. The summed E-state index contributed by atoms with van der Waals surface area (Å²) in [6.45, 7) is 11.5. The van der Waals surface area contributed by atoms with Gasteiger partial charge in [-0.2, -0.15) is 20.4 Å². The first-order chi connectivity index (χ1) is 38.4. The molecular weight excluding hydrogens is 1030 g/mol. The summed E-state index contributed by atoms with van der Waals surface area (Å²) < 4.78 is 39.4. The van der Waals surface area contributed by atoms with Crippen molar-refractivity contribution in [1.82, 2.24) is 75.2 Å². The fourth-order valence-corrected chi connectivity index (χ4v) is 10.2. The Balaban J connectivity index is 0.000000175. The predicted octanol–water partition coefficient (Wildman–Crippen LogP) is 7.69. The van der Waals surface area contributed by atoms with Crippen molar-refractivity contribution in [3.63, 3.8) is 0 Å². The van der Waals surface area contributed by atoms with Gasteiger partial charge in [0.05, 0.1) is 74.2 Å². The van der Waals surface area contributed by atoms with Crippen LogP contribution in [0.2, 0.25) is 0 Å². The minimum absolute atomic E-state index is 0.0547. The zero-order chi connectivity index (χ0) is 57.1.